The zero-order chi connectivity index (χ0) is 20.1. The third kappa shape index (κ3) is 2.67. The van der Waals surface area contributed by atoms with E-state index >= 15 is 0 Å². The number of rotatable bonds is 4. The minimum absolute atomic E-state index is 0.154. The Morgan fingerprint density at radius 1 is 1.00 bits per heavy atom. The van der Waals surface area contributed by atoms with E-state index in [2.05, 4.69) is 17.5 Å². The Morgan fingerprint density at radius 2 is 1.69 bits per heavy atom. The largest absolute Gasteiger partial charge is 0.495 e. The number of nitrogens with zero attached hydrogens (tertiary/aromatic N) is 1. The molecule has 29 heavy (non-hydrogen) atoms. The van der Waals surface area contributed by atoms with Crippen LogP contribution in [0.2, 0.25) is 0 Å². The average molecular weight is 388 g/mol. The van der Waals surface area contributed by atoms with Gasteiger partial charge in [-0.2, -0.15) is 0 Å². The van der Waals surface area contributed by atoms with Crippen LogP contribution in [0.3, 0.4) is 0 Å². The van der Waals surface area contributed by atoms with Crippen LogP contribution in [0, 0.1) is 23.7 Å². The van der Waals surface area contributed by atoms with Crippen LogP contribution in [0.4, 0.5) is 11.4 Å². The molecule has 0 radical (unpaired) electrons. The highest BCUT2D eigenvalue weighted by molar-refractivity contribution is 6.23. The van der Waals surface area contributed by atoms with Crippen molar-refractivity contribution in [2.75, 3.05) is 17.3 Å². The molecule has 2 aromatic rings. The van der Waals surface area contributed by atoms with Crippen molar-refractivity contribution in [3.63, 3.8) is 0 Å². The molecule has 1 saturated carbocycles. The van der Waals surface area contributed by atoms with Gasteiger partial charge in [0.15, 0.2) is 0 Å². The van der Waals surface area contributed by atoms with E-state index in [1.807, 2.05) is 6.07 Å². The summed E-state index contributed by atoms with van der Waals surface area (Å²) in [6.45, 7) is 0. The summed E-state index contributed by atoms with van der Waals surface area (Å²) in [5.74, 6) is -0.299. The fraction of sp³-hybridized carbons (Fsp3) is 0.261. The predicted molar refractivity (Wildman–Crippen MR) is 108 cm³/mol. The van der Waals surface area contributed by atoms with Gasteiger partial charge in [-0.05, 0) is 48.6 Å². The summed E-state index contributed by atoms with van der Waals surface area (Å²) in [5, 5.41) is 2.82. The summed E-state index contributed by atoms with van der Waals surface area (Å²) in [4.78, 5) is 40.0. The monoisotopic (exact) mass is 388 g/mol. The lowest BCUT2D eigenvalue weighted by Crippen LogP contribution is -2.33. The molecule has 3 amide bonds. The molecule has 1 heterocycles. The van der Waals surface area contributed by atoms with Gasteiger partial charge in [-0.15, -0.1) is 0 Å². The first kappa shape index (κ1) is 17.7. The van der Waals surface area contributed by atoms with Crippen LogP contribution in [0.15, 0.2) is 60.7 Å². The fourth-order valence-corrected chi connectivity index (χ4v) is 4.89. The molecule has 0 spiro atoms. The van der Waals surface area contributed by atoms with Crippen molar-refractivity contribution < 1.29 is 19.1 Å². The molecule has 2 fully saturated rings. The van der Waals surface area contributed by atoms with E-state index in [0.29, 0.717) is 22.7 Å². The number of allylic oxidation sites excluding steroid dienone is 2. The van der Waals surface area contributed by atoms with Crippen molar-refractivity contribution in [2.45, 2.75) is 6.42 Å². The van der Waals surface area contributed by atoms with Gasteiger partial charge < -0.3 is 10.1 Å². The quantitative estimate of drug-likeness (QED) is 0.644. The van der Waals surface area contributed by atoms with Gasteiger partial charge in [-0.25, -0.2) is 4.90 Å². The molecule has 6 nitrogen and oxygen atoms in total. The summed E-state index contributed by atoms with van der Waals surface area (Å²) >= 11 is 0. The van der Waals surface area contributed by atoms with Crippen LogP contribution >= 0.6 is 0 Å². The number of hydrogen-bond donors (Lipinski definition) is 1. The Hall–Kier alpha value is -3.41. The number of para-hydroxylation sites is 2. The normalized spacial score (nSPS) is 26.7. The van der Waals surface area contributed by atoms with Crippen molar-refractivity contribution >= 4 is 29.1 Å². The van der Waals surface area contributed by atoms with E-state index in [0.717, 1.165) is 6.42 Å². The lowest BCUT2D eigenvalue weighted by Gasteiger charge is -2.18. The number of imide groups is 1. The minimum atomic E-state index is -0.336. The van der Waals surface area contributed by atoms with E-state index in [9.17, 15) is 14.4 Å². The number of methoxy groups -OCH3 is 1. The molecule has 1 N–H and O–H groups in total. The van der Waals surface area contributed by atoms with Crippen LogP contribution in [-0.4, -0.2) is 24.8 Å². The van der Waals surface area contributed by atoms with Crippen LogP contribution in [0.5, 0.6) is 5.75 Å². The lowest BCUT2D eigenvalue weighted by atomic mass is 9.85. The van der Waals surface area contributed by atoms with E-state index < -0.39 is 0 Å². The zero-order valence-corrected chi connectivity index (χ0v) is 15.9. The fourth-order valence-electron chi connectivity index (χ4n) is 4.89. The molecule has 0 unspecified atom stereocenters. The standard InChI is InChI=1S/C23H20N2O4/c1-29-18-8-3-2-7-17(18)24-21(26)15-5-4-6-16(12-15)25-22(27)19-13-9-10-14(11-13)20(19)23(25)28/h2-10,12-14,19-20H,11H2,1H3,(H,24,26)/t13-,14-,19-,20-/m0/s1. The number of hydrogen-bond acceptors (Lipinski definition) is 4. The van der Waals surface area contributed by atoms with Gasteiger partial charge in [0, 0.05) is 5.56 Å². The number of anilines is 2. The summed E-state index contributed by atoms with van der Waals surface area (Å²) < 4.78 is 5.27. The second-order valence-corrected chi connectivity index (χ2v) is 7.72. The average Bonchev–Trinajstić information content (AvgIpc) is 3.42. The smallest absolute Gasteiger partial charge is 0.255 e. The van der Waals surface area contributed by atoms with Gasteiger partial charge in [-0.3, -0.25) is 14.4 Å². The molecule has 146 valence electrons. The maximum absolute atomic E-state index is 13.0. The van der Waals surface area contributed by atoms with Crippen LogP contribution < -0.4 is 15.0 Å². The van der Waals surface area contributed by atoms with Gasteiger partial charge in [0.2, 0.25) is 11.8 Å². The molecule has 2 bridgehead atoms. The summed E-state index contributed by atoms with van der Waals surface area (Å²) in [7, 11) is 1.54. The number of amides is 3. The van der Waals surface area contributed by atoms with E-state index in [-0.39, 0.29) is 41.4 Å². The first-order valence-corrected chi connectivity index (χ1v) is 9.69. The number of nitrogens with one attached hydrogen (secondary N) is 1. The molecule has 1 aliphatic heterocycles. The third-order valence-corrected chi connectivity index (χ3v) is 6.19. The second-order valence-electron chi connectivity index (χ2n) is 7.72. The number of carbonyl (C=O) groups is 3. The minimum Gasteiger partial charge on any atom is -0.495 e. The first-order chi connectivity index (χ1) is 14.1. The Balaban J connectivity index is 1.41. The molecule has 2 aliphatic carbocycles. The molecular formula is C23H20N2O4. The second kappa shape index (κ2) is 6.58. The molecular weight excluding hydrogens is 368 g/mol. The van der Waals surface area contributed by atoms with Gasteiger partial charge in [0.05, 0.1) is 30.3 Å². The van der Waals surface area contributed by atoms with Gasteiger partial charge in [0.25, 0.3) is 5.91 Å². The predicted octanol–water partition coefficient (Wildman–Crippen LogP) is 3.26. The SMILES string of the molecule is COc1ccccc1NC(=O)c1cccc(N2C(=O)[C@@H]3[C@@H](C2=O)[C@H]2C=C[C@H]3C2)c1. The van der Waals surface area contributed by atoms with E-state index in [4.69, 9.17) is 4.74 Å². The van der Waals surface area contributed by atoms with E-state index in [1.54, 1.807) is 42.5 Å². The number of carbonyl (C=O) groups excluding carboxylic acids is 3. The zero-order valence-electron chi connectivity index (χ0n) is 15.9. The lowest BCUT2D eigenvalue weighted by molar-refractivity contribution is -0.123. The van der Waals surface area contributed by atoms with Gasteiger partial charge in [-0.1, -0.05) is 30.4 Å². The molecule has 5 rings (SSSR count). The molecule has 0 aromatic heterocycles. The molecule has 6 heteroatoms. The van der Waals surface area contributed by atoms with Gasteiger partial charge >= 0.3 is 0 Å². The van der Waals surface area contributed by atoms with Crippen molar-refractivity contribution in [3.05, 3.63) is 66.2 Å². The van der Waals surface area contributed by atoms with Crippen LogP contribution in [0.1, 0.15) is 16.8 Å². The highest BCUT2D eigenvalue weighted by Gasteiger charge is 2.59. The molecule has 4 atom stereocenters. The summed E-state index contributed by atoms with van der Waals surface area (Å²) in [6.07, 6.45) is 5.03. The Morgan fingerprint density at radius 3 is 2.38 bits per heavy atom. The summed E-state index contributed by atoms with van der Waals surface area (Å²) in [5.41, 5.74) is 1.37. The number of ether oxygens (including phenoxy) is 1. The molecule has 3 aliphatic rings. The van der Waals surface area contributed by atoms with Crippen molar-refractivity contribution in [1.82, 2.24) is 0 Å². The highest BCUT2D eigenvalue weighted by Crippen LogP contribution is 2.53. The van der Waals surface area contributed by atoms with Crippen LogP contribution in [-0.2, 0) is 9.59 Å². The first-order valence-electron chi connectivity index (χ1n) is 9.69. The maximum atomic E-state index is 13.0. The van der Waals surface area contributed by atoms with Gasteiger partial charge in [0.1, 0.15) is 5.75 Å². The Kier molecular flexibility index (Phi) is 4.01. The summed E-state index contributed by atoms with van der Waals surface area (Å²) in [6, 6.07) is 13.8. The molecule has 2 aromatic carbocycles. The highest BCUT2D eigenvalue weighted by atomic mass is 16.5. The Labute approximate surface area is 168 Å². The van der Waals surface area contributed by atoms with Crippen molar-refractivity contribution in [1.29, 1.82) is 0 Å². The number of benzene rings is 2. The maximum Gasteiger partial charge on any atom is 0.255 e. The Bertz CT molecular complexity index is 1030. The van der Waals surface area contributed by atoms with E-state index in [1.165, 1.54) is 12.0 Å². The molecule has 1 saturated heterocycles. The third-order valence-electron chi connectivity index (χ3n) is 6.19. The topological polar surface area (TPSA) is 75.7 Å². The van der Waals surface area contributed by atoms with Crippen molar-refractivity contribution in [2.24, 2.45) is 23.7 Å². The van der Waals surface area contributed by atoms with Crippen molar-refractivity contribution in [3.8, 4) is 5.75 Å². The number of fused-ring (bicyclic) bond motifs is 5. The van der Waals surface area contributed by atoms with Crippen LogP contribution in [0.25, 0.3) is 0 Å².